The Morgan fingerprint density at radius 3 is 3.00 bits per heavy atom. The zero-order valence-electron chi connectivity index (χ0n) is 16.8. The number of rotatable bonds is 5. The molecular formula is C19H28N8O. The summed E-state index contributed by atoms with van der Waals surface area (Å²) in [5.74, 6) is 2.20. The molecule has 0 saturated carbocycles. The van der Waals surface area contributed by atoms with Crippen LogP contribution in [0.25, 0.3) is 0 Å². The van der Waals surface area contributed by atoms with Crippen LogP contribution in [0.1, 0.15) is 17.7 Å². The number of nitrogens with one attached hydrogen (secondary N) is 2. The van der Waals surface area contributed by atoms with Gasteiger partial charge >= 0.3 is 0 Å². The summed E-state index contributed by atoms with van der Waals surface area (Å²) in [7, 11) is 5.60. The zero-order valence-corrected chi connectivity index (χ0v) is 16.8. The van der Waals surface area contributed by atoms with Gasteiger partial charge in [0.15, 0.2) is 0 Å². The SMILES string of the molecule is CN(C)c1nc2c(c(NCC3CCN(c4cnn(C)c(=O)c4)C3)n1)CCNC2. The molecule has 0 aromatic carbocycles. The van der Waals surface area contributed by atoms with Crippen molar-refractivity contribution in [3.05, 3.63) is 33.9 Å². The van der Waals surface area contributed by atoms with Gasteiger partial charge in [0, 0.05) is 59.0 Å². The highest BCUT2D eigenvalue weighted by molar-refractivity contribution is 5.52. The van der Waals surface area contributed by atoms with Crippen molar-refractivity contribution >= 4 is 17.5 Å². The van der Waals surface area contributed by atoms with Crippen molar-refractivity contribution in [3.8, 4) is 0 Å². The predicted octanol–water partition coefficient (Wildman–Crippen LogP) is 0.220. The molecule has 1 saturated heterocycles. The number of hydrogen-bond acceptors (Lipinski definition) is 8. The fourth-order valence-corrected chi connectivity index (χ4v) is 3.80. The van der Waals surface area contributed by atoms with Crippen LogP contribution in [-0.4, -0.2) is 60.0 Å². The third-order valence-electron chi connectivity index (χ3n) is 5.49. The van der Waals surface area contributed by atoms with E-state index in [2.05, 4.69) is 25.6 Å². The Morgan fingerprint density at radius 1 is 1.36 bits per heavy atom. The number of hydrogen-bond donors (Lipinski definition) is 2. The minimum absolute atomic E-state index is 0.0727. The van der Waals surface area contributed by atoms with Crippen LogP contribution < -0.4 is 26.0 Å². The molecule has 9 nitrogen and oxygen atoms in total. The quantitative estimate of drug-likeness (QED) is 0.757. The van der Waals surface area contributed by atoms with Crippen molar-refractivity contribution < 1.29 is 0 Å². The molecule has 9 heteroatoms. The standard InChI is InChI=1S/C19H28N8O/c1-25(2)19-23-16-11-20-6-4-15(16)18(24-19)21-9-13-5-7-27(12-13)14-8-17(28)26(3)22-10-14/h8,10,13,20H,4-7,9,11-12H2,1-3H3,(H,21,23,24). The average Bonchev–Trinajstić information content (AvgIpc) is 3.17. The summed E-state index contributed by atoms with van der Waals surface area (Å²) in [6.07, 6.45) is 3.80. The average molecular weight is 384 g/mol. The molecule has 4 heterocycles. The molecule has 1 atom stereocenters. The molecule has 1 unspecified atom stereocenters. The van der Waals surface area contributed by atoms with Gasteiger partial charge in [0.1, 0.15) is 5.82 Å². The lowest BCUT2D eigenvalue weighted by atomic mass is 10.1. The number of aryl methyl sites for hydroxylation is 1. The topological polar surface area (TPSA) is 91.2 Å². The van der Waals surface area contributed by atoms with Gasteiger partial charge in [-0.2, -0.15) is 10.1 Å². The first-order valence-electron chi connectivity index (χ1n) is 9.81. The Bertz CT molecular complexity index is 909. The molecule has 0 radical (unpaired) electrons. The van der Waals surface area contributed by atoms with Gasteiger partial charge in [-0.05, 0) is 25.3 Å². The van der Waals surface area contributed by atoms with Crippen LogP contribution >= 0.6 is 0 Å². The van der Waals surface area contributed by atoms with E-state index < -0.39 is 0 Å². The fourth-order valence-electron chi connectivity index (χ4n) is 3.80. The van der Waals surface area contributed by atoms with Crippen LogP contribution in [0.15, 0.2) is 17.1 Å². The van der Waals surface area contributed by atoms with E-state index in [1.165, 1.54) is 10.2 Å². The lowest BCUT2D eigenvalue weighted by molar-refractivity contribution is 0.609. The number of fused-ring (bicyclic) bond motifs is 1. The monoisotopic (exact) mass is 384 g/mol. The van der Waals surface area contributed by atoms with E-state index in [0.29, 0.717) is 5.92 Å². The molecular weight excluding hydrogens is 356 g/mol. The second-order valence-electron chi connectivity index (χ2n) is 7.78. The largest absolute Gasteiger partial charge is 0.370 e. The number of anilines is 3. The molecule has 1 fully saturated rings. The molecule has 0 spiro atoms. The highest BCUT2D eigenvalue weighted by Gasteiger charge is 2.25. The van der Waals surface area contributed by atoms with E-state index >= 15 is 0 Å². The van der Waals surface area contributed by atoms with Crippen LogP contribution in [0.3, 0.4) is 0 Å². The van der Waals surface area contributed by atoms with E-state index in [1.54, 1.807) is 19.3 Å². The van der Waals surface area contributed by atoms with E-state index in [9.17, 15) is 4.79 Å². The Hall–Kier alpha value is -2.68. The molecule has 0 amide bonds. The van der Waals surface area contributed by atoms with Gasteiger partial charge in [0.2, 0.25) is 5.95 Å². The van der Waals surface area contributed by atoms with E-state index in [4.69, 9.17) is 4.98 Å². The van der Waals surface area contributed by atoms with Crippen molar-refractivity contribution in [1.29, 1.82) is 0 Å². The maximum atomic E-state index is 11.9. The molecule has 2 aliphatic rings. The lowest BCUT2D eigenvalue weighted by Gasteiger charge is -2.23. The first-order chi connectivity index (χ1) is 13.5. The van der Waals surface area contributed by atoms with Gasteiger partial charge in [-0.1, -0.05) is 0 Å². The molecule has 4 rings (SSSR count). The fraction of sp³-hybridized carbons (Fsp3) is 0.579. The minimum atomic E-state index is -0.0727. The maximum Gasteiger partial charge on any atom is 0.268 e. The summed E-state index contributed by atoms with van der Waals surface area (Å²) in [6.45, 7) is 4.46. The maximum absolute atomic E-state index is 11.9. The van der Waals surface area contributed by atoms with Crippen LogP contribution in [0.2, 0.25) is 0 Å². The first-order valence-corrected chi connectivity index (χ1v) is 9.81. The summed E-state index contributed by atoms with van der Waals surface area (Å²) >= 11 is 0. The van der Waals surface area contributed by atoms with Crippen LogP contribution in [0.5, 0.6) is 0 Å². The van der Waals surface area contributed by atoms with Gasteiger partial charge in [-0.3, -0.25) is 4.79 Å². The Kier molecular flexibility index (Phi) is 5.17. The van der Waals surface area contributed by atoms with Crippen LogP contribution in [0.4, 0.5) is 17.5 Å². The molecule has 0 bridgehead atoms. The smallest absolute Gasteiger partial charge is 0.268 e. The van der Waals surface area contributed by atoms with Crippen molar-refractivity contribution in [3.63, 3.8) is 0 Å². The normalized spacial score (nSPS) is 18.8. The summed E-state index contributed by atoms with van der Waals surface area (Å²) < 4.78 is 1.36. The highest BCUT2D eigenvalue weighted by Crippen LogP contribution is 2.25. The summed E-state index contributed by atoms with van der Waals surface area (Å²) in [5.41, 5.74) is 3.16. The second-order valence-corrected chi connectivity index (χ2v) is 7.78. The highest BCUT2D eigenvalue weighted by atomic mass is 16.1. The molecule has 150 valence electrons. The first kappa shape index (κ1) is 18.7. The van der Waals surface area contributed by atoms with Crippen molar-refractivity contribution in [2.24, 2.45) is 13.0 Å². The Morgan fingerprint density at radius 2 is 2.21 bits per heavy atom. The molecule has 2 aromatic rings. The summed E-state index contributed by atoms with van der Waals surface area (Å²) in [5, 5.41) is 11.1. The van der Waals surface area contributed by atoms with Gasteiger partial charge in [-0.25, -0.2) is 9.67 Å². The Labute approximate surface area is 164 Å². The van der Waals surface area contributed by atoms with Crippen molar-refractivity contribution in [2.45, 2.75) is 19.4 Å². The minimum Gasteiger partial charge on any atom is -0.370 e. The molecule has 2 aromatic heterocycles. The second kappa shape index (κ2) is 7.75. The van der Waals surface area contributed by atoms with Crippen LogP contribution in [0, 0.1) is 5.92 Å². The van der Waals surface area contributed by atoms with Gasteiger partial charge < -0.3 is 20.4 Å². The predicted molar refractivity (Wildman–Crippen MR) is 110 cm³/mol. The van der Waals surface area contributed by atoms with E-state index in [1.807, 2.05) is 19.0 Å². The molecule has 2 N–H and O–H groups in total. The third-order valence-corrected chi connectivity index (χ3v) is 5.49. The Balaban J connectivity index is 1.44. The van der Waals surface area contributed by atoms with Crippen molar-refractivity contribution in [2.75, 3.05) is 55.4 Å². The number of aromatic nitrogens is 4. The van der Waals surface area contributed by atoms with Crippen molar-refractivity contribution in [1.82, 2.24) is 25.1 Å². The number of nitrogens with zero attached hydrogens (tertiary/aromatic N) is 6. The summed E-state index contributed by atoms with van der Waals surface area (Å²) in [6, 6.07) is 1.67. The zero-order chi connectivity index (χ0) is 19.7. The molecule has 0 aliphatic carbocycles. The van der Waals surface area contributed by atoms with Gasteiger partial charge in [0.05, 0.1) is 17.6 Å². The van der Waals surface area contributed by atoms with Gasteiger partial charge in [0.25, 0.3) is 5.56 Å². The molecule has 2 aliphatic heterocycles. The lowest BCUT2D eigenvalue weighted by Crippen LogP contribution is -2.29. The van der Waals surface area contributed by atoms with E-state index in [0.717, 1.165) is 68.7 Å². The van der Waals surface area contributed by atoms with E-state index in [-0.39, 0.29) is 5.56 Å². The molecule has 28 heavy (non-hydrogen) atoms. The van der Waals surface area contributed by atoms with Gasteiger partial charge in [-0.15, -0.1) is 0 Å². The summed E-state index contributed by atoms with van der Waals surface area (Å²) in [4.78, 5) is 25.5. The third kappa shape index (κ3) is 3.80. The van der Waals surface area contributed by atoms with Crippen LogP contribution in [-0.2, 0) is 20.0 Å².